The van der Waals surface area contributed by atoms with E-state index in [0.29, 0.717) is 25.3 Å². The fourth-order valence-electron chi connectivity index (χ4n) is 3.15. The lowest BCUT2D eigenvalue weighted by molar-refractivity contribution is -0.150. The fourth-order valence-corrected chi connectivity index (χ4v) is 5.43. The number of sulfonamides is 1. The molecule has 5 nitrogen and oxygen atoms in total. The van der Waals surface area contributed by atoms with Gasteiger partial charge in [-0.05, 0) is 37.5 Å². The highest BCUT2D eigenvalue weighted by Crippen LogP contribution is 2.41. The van der Waals surface area contributed by atoms with Crippen LogP contribution in [0.5, 0.6) is 0 Å². The van der Waals surface area contributed by atoms with E-state index in [1.807, 2.05) is 6.92 Å². The van der Waals surface area contributed by atoms with Crippen molar-refractivity contribution in [3.05, 3.63) is 0 Å². The summed E-state index contributed by atoms with van der Waals surface area (Å²) in [6, 6.07) is 0. The molecule has 104 valence electrons. The van der Waals surface area contributed by atoms with Crippen molar-refractivity contribution >= 4 is 16.0 Å². The Morgan fingerprint density at radius 2 is 1.78 bits per heavy atom. The third-order valence-corrected chi connectivity index (χ3v) is 6.45. The molecule has 1 saturated heterocycles. The van der Waals surface area contributed by atoms with Crippen molar-refractivity contribution in [3.63, 3.8) is 0 Å². The normalized spacial score (nSPS) is 40.8. The minimum absolute atomic E-state index is 0.0191. The van der Waals surface area contributed by atoms with Crippen molar-refractivity contribution in [2.24, 2.45) is 11.8 Å². The topological polar surface area (TPSA) is 74.7 Å². The van der Waals surface area contributed by atoms with Gasteiger partial charge in [-0.1, -0.05) is 13.8 Å². The van der Waals surface area contributed by atoms with Crippen LogP contribution in [0.1, 0.15) is 39.5 Å². The van der Waals surface area contributed by atoms with Crippen LogP contribution in [0.25, 0.3) is 0 Å². The second-order valence-corrected chi connectivity index (χ2v) is 7.87. The molecule has 18 heavy (non-hydrogen) atoms. The van der Waals surface area contributed by atoms with Gasteiger partial charge in [-0.25, -0.2) is 8.42 Å². The molecular weight excluding hydrogens is 254 g/mol. The molecule has 2 rings (SSSR count). The Labute approximate surface area is 108 Å². The molecular formula is C12H21NO4S. The summed E-state index contributed by atoms with van der Waals surface area (Å²) < 4.78 is 25.5. The lowest BCUT2D eigenvalue weighted by atomic mass is 9.77. The molecule has 0 bridgehead atoms. The second kappa shape index (κ2) is 4.49. The van der Waals surface area contributed by atoms with Crippen molar-refractivity contribution in [2.45, 2.75) is 45.1 Å². The van der Waals surface area contributed by atoms with Gasteiger partial charge in [0.15, 0.2) is 0 Å². The SMILES string of the molecule is CC1CCC(C(=O)O)(N2CC(C)CS2(=O)=O)CC1. The fraction of sp³-hybridized carbons (Fsp3) is 0.917. The largest absolute Gasteiger partial charge is 0.480 e. The number of carbonyl (C=O) groups is 1. The van der Waals surface area contributed by atoms with E-state index in [1.165, 1.54) is 4.31 Å². The van der Waals surface area contributed by atoms with Gasteiger partial charge in [0.25, 0.3) is 0 Å². The van der Waals surface area contributed by atoms with Crippen LogP contribution in [0.2, 0.25) is 0 Å². The zero-order chi connectivity index (χ0) is 13.6. The van der Waals surface area contributed by atoms with Crippen molar-refractivity contribution in [3.8, 4) is 0 Å². The highest BCUT2D eigenvalue weighted by molar-refractivity contribution is 7.89. The monoisotopic (exact) mass is 275 g/mol. The number of aliphatic carboxylic acids is 1. The van der Waals surface area contributed by atoms with Crippen LogP contribution >= 0.6 is 0 Å². The molecule has 1 unspecified atom stereocenters. The van der Waals surface area contributed by atoms with Gasteiger partial charge >= 0.3 is 5.97 Å². The van der Waals surface area contributed by atoms with Crippen molar-refractivity contribution < 1.29 is 18.3 Å². The number of carboxylic acids is 1. The van der Waals surface area contributed by atoms with Crippen molar-refractivity contribution in [1.82, 2.24) is 4.31 Å². The van der Waals surface area contributed by atoms with Crippen LogP contribution < -0.4 is 0 Å². The maximum absolute atomic E-state index is 12.1. The number of hydrogen-bond acceptors (Lipinski definition) is 3. The van der Waals surface area contributed by atoms with Crippen LogP contribution in [0.15, 0.2) is 0 Å². The minimum atomic E-state index is -3.40. The van der Waals surface area contributed by atoms with Gasteiger partial charge in [0.05, 0.1) is 5.75 Å². The molecule has 0 aromatic rings. The van der Waals surface area contributed by atoms with E-state index in [4.69, 9.17) is 0 Å². The molecule has 1 saturated carbocycles. The lowest BCUT2D eigenvalue weighted by Crippen LogP contribution is -2.57. The Kier molecular flexibility index (Phi) is 3.44. The summed E-state index contributed by atoms with van der Waals surface area (Å²) in [4.78, 5) is 11.7. The van der Waals surface area contributed by atoms with Crippen LogP contribution in [-0.2, 0) is 14.8 Å². The summed E-state index contributed by atoms with van der Waals surface area (Å²) in [7, 11) is -3.40. The summed E-state index contributed by atoms with van der Waals surface area (Å²) in [5.41, 5.74) is -1.18. The number of hydrogen-bond donors (Lipinski definition) is 1. The molecule has 1 heterocycles. The summed E-state index contributed by atoms with van der Waals surface area (Å²) in [5.74, 6) is -0.393. The molecule has 1 N–H and O–H groups in total. The van der Waals surface area contributed by atoms with Crippen LogP contribution in [0, 0.1) is 11.8 Å². The zero-order valence-electron chi connectivity index (χ0n) is 10.9. The molecule has 0 aromatic heterocycles. The summed E-state index contributed by atoms with van der Waals surface area (Å²) in [6.45, 7) is 4.30. The highest BCUT2D eigenvalue weighted by Gasteiger charge is 2.53. The third kappa shape index (κ3) is 2.16. The molecule has 0 radical (unpaired) electrons. The van der Waals surface area contributed by atoms with Crippen LogP contribution in [-0.4, -0.2) is 41.6 Å². The first kappa shape index (κ1) is 13.8. The molecule has 0 amide bonds. The molecule has 2 fully saturated rings. The first-order chi connectivity index (χ1) is 8.28. The number of nitrogens with zero attached hydrogens (tertiary/aromatic N) is 1. The first-order valence-corrected chi connectivity index (χ1v) is 8.13. The summed E-state index contributed by atoms with van der Waals surface area (Å²) in [5, 5.41) is 9.55. The summed E-state index contributed by atoms with van der Waals surface area (Å²) >= 11 is 0. The van der Waals surface area contributed by atoms with E-state index >= 15 is 0 Å². The second-order valence-electron chi connectivity index (χ2n) is 5.93. The van der Waals surface area contributed by atoms with E-state index in [0.717, 1.165) is 12.8 Å². The predicted molar refractivity (Wildman–Crippen MR) is 67.7 cm³/mol. The van der Waals surface area contributed by atoms with E-state index in [1.54, 1.807) is 0 Å². The van der Waals surface area contributed by atoms with E-state index in [9.17, 15) is 18.3 Å². The van der Waals surface area contributed by atoms with Crippen molar-refractivity contribution in [1.29, 1.82) is 0 Å². The number of rotatable bonds is 2. The Morgan fingerprint density at radius 1 is 1.22 bits per heavy atom. The molecule has 6 heteroatoms. The van der Waals surface area contributed by atoms with Crippen molar-refractivity contribution in [2.75, 3.05) is 12.3 Å². The number of carboxylic acid groups (broad SMARTS) is 1. The van der Waals surface area contributed by atoms with Crippen LogP contribution in [0.4, 0.5) is 0 Å². The van der Waals surface area contributed by atoms with Gasteiger partial charge in [0.2, 0.25) is 10.0 Å². The van der Waals surface area contributed by atoms with Gasteiger partial charge in [0.1, 0.15) is 5.54 Å². The molecule has 1 aliphatic heterocycles. The van der Waals surface area contributed by atoms with Gasteiger partial charge < -0.3 is 5.11 Å². The first-order valence-electron chi connectivity index (χ1n) is 6.52. The van der Waals surface area contributed by atoms with Crippen LogP contribution in [0.3, 0.4) is 0 Å². The third-order valence-electron chi connectivity index (χ3n) is 4.29. The maximum atomic E-state index is 12.1. The molecule has 0 spiro atoms. The Morgan fingerprint density at radius 3 is 2.17 bits per heavy atom. The Balaban J connectivity index is 2.34. The highest BCUT2D eigenvalue weighted by atomic mass is 32.2. The van der Waals surface area contributed by atoms with Gasteiger partial charge in [-0.3, -0.25) is 4.79 Å². The summed E-state index contributed by atoms with van der Waals surface area (Å²) in [6.07, 6.45) is 2.45. The smallest absolute Gasteiger partial charge is 0.325 e. The average Bonchev–Trinajstić information content (AvgIpc) is 2.53. The molecule has 2 aliphatic rings. The average molecular weight is 275 g/mol. The molecule has 0 aromatic carbocycles. The lowest BCUT2D eigenvalue weighted by Gasteiger charge is -2.41. The van der Waals surface area contributed by atoms with Gasteiger partial charge in [-0.2, -0.15) is 4.31 Å². The molecule has 1 atom stereocenters. The Hall–Kier alpha value is -0.620. The zero-order valence-corrected chi connectivity index (χ0v) is 11.7. The van der Waals surface area contributed by atoms with E-state index in [-0.39, 0.29) is 11.7 Å². The van der Waals surface area contributed by atoms with Gasteiger partial charge in [-0.15, -0.1) is 0 Å². The Bertz CT molecular complexity index is 437. The maximum Gasteiger partial charge on any atom is 0.325 e. The molecule has 1 aliphatic carbocycles. The van der Waals surface area contributed by atoms with E-state index in [2.05, 4.69) is 6.92 Å². The van der Waals surface area contributed by atoms with E-state index < -0.39 is 21.5 Å². The van der Waals surface area contributed by atoms with Gasteiger partial charge in [0, 0.05) is 6.54 Å². The standard InChI is InChI=1S/C12H21NO4S/c1-9-3-5-12(6-4-9,11(14)15)13-7-10(2)8-18(13,16)17/h9-10H,3-8H2,1-2H3,(H,14,15). The minimum Gasteiger partial charge on any atom is -0.480 e. The quantitative estimate of drug-likeness (QED) is 0.824. The predicted octanol–water partition coefficient (Wildman–Crippen LogP) is 1.30.